The van der Waals surface area contributed by atoms with E-state index in [0.717, 1.165) is 22.8 Å². The summed E-state index contributed by atoms with van der Waals surface area (Å²) in [5.74, 6) is 1.17. The number of amides is 1. The Balaban J connectivity index is 2.27. The lowest BCUT2D eigenvalue weighted by Crippen LogP contribution is -2.27. The fourth-order valence-corrected chi connectivity index (χ4v) is 4.35. The lowest BCUT2D eigenvalue weighted by Gasteiger charge is -2.12. The van der Waals surface area contributed by atoms with Crippen molar-refractivity contribution in [3.63, 3.8) is 0 Å². The van der Waals surface area contributed by atoms with Crippen LogP contribution in [0.2, 0.25) is 0 Å². The molecule has 0 spiro atoms. The Morgan fingerprint density at radius 1 is 1.56 bits per heavy atom. The monoisotopic (exact) mass is 300 g/mol. The van der Waals surface area contributed by atoms with Crippen molar-refractivity contribution >= 4 is 46.0 Å². The average Bonchev–Trinajstić information content (AvgIpc) is 2.84. The van der Waals surface area contributed by atoms with E-state index in [0.29, 0.717) is 10.9 Å². The van der Waals surface area contributed by atoms with Crippen molar-refractivity contribution in [3.05, 3.63) is 21.6 Å². The standard InChI is InChI=1S/C12H16N2OS3/c1-4-14-11(15)10(18-12(14)16)8(2)7-9-13(3)5-6-17-9/h7H,4-6H2,1-3H3/b9-7+,10-8-. The van der Waals surface area contributed by atoms with Crippen LogP contribution < -0.4 is 0 Å². The summed E-state index contributed by atoms with van der Waals surface area (Å²) in [6.45, 7) is 5.65. The Labute approximate surface area is 122 Å². The number of carbonyl (C=O) groups excluding carboxylic acids is 1. The maximum atomic E-state index is 12.2. The highest BCUT2D eigenvalue weighted by Gasteiger charge is 2.32. The Morgan fingerprint density at radius 2 is 2.28 bits per heavy atom. The molecule has 0 atom stereocenters. The number of thioether (sulfide) groups is 2. The molecule has 0 unspecified atom stereocenters. The second kappa shape index (κ2) is 5.67. The average molecular weight is 300 g/mol. The summed E-state index contributed by atoms with van der Waals surface area (Å²) in [4.78, 5) is 16.8. The fourth-order valence-electron chi connectivity index (χ4n) is 1.82. The molecule has 18 heavy (non-hydrogen) atoms. The van der Waals surface area contributed by atoms with Crippen molar-refractivity contribution < 1.29 is 4.79 Å². The van der Waals surface area contributed by atoms with Gasteiger partial charge in [0.25, 0.3) is 5.91 Å². The Morgan fingerprint density at radius 3 is 2.78 bits per heavy atom. The van der Waals surface area contributed by atoms with Gasteiger partial charge in [0, 0.05) is 25.9 Å². The molecule has 0 bridgehead atoms. The third-order valence-corrected chi connectivity index (χ3v) is 5.59. The van der Waals surface area contributed by atoms with Gasteiger partial charge in [-0.25, -0.2) is 0 Å². The van der Waals surface area contributed by atoms with Gasteiger partial charge in [0.2, 0.25) is 0 Å². The Bertz CT molecular complexity index is 456. The van der Waals surface area contributed by atoms with Crippen molar-refractivity contribution in [1.82, 2.24) is 9.80 Å². The summed E-state index contributed by atoms with van der Waals surface area (Å²) >= 11 is 8.46. The summed E-state index contributed by atoms with van der Waals surface area (Å²) in [5.41, 5.74) is 1.01. The number of allylic oxidation sites excluding steroid dienone is 2. The van der Waals surface area contributed by atoms with Crippen molar-refractivity contribution in [2.75, 3.05) is 25.9 Å². The third kappa shape index (κ3) is 2.60. The van der Waals surface area contributed by atoms with E-state index in [2.05, 4.69) is 18.0 Å². The molecule has 2 aliphatic rings. The third-order valence-electron chi connectivity index (χ3n) is 2.92. The van der Waals surface area contributed by atoms with E-state index in [4.69, 9.17) is 12.2 Å². The van der Waals surface area contributed by atoms with E-state index >= 15 is 0 Å². The van der Waals surface area contributed by atoms with Gasteiger partial charge in [-0.1, -0.05) is 24.0 Å². The van der Waals surface area contributed by atoms with E-state index in [-0.39, 0.29) is 5.91 Å². The van der Waals surface area contributed by atoms with Gasteiger partial charge in [-0.15, -0.1) is 11.8 Å². The molecule has 2 saturated heterocycles. The predicted molar refractivity (Wildman–Crippen MR) is 83.4 cm³/mol. The first-order valence-electron chi connectivity index (χ1n) is 5.84. The summed E-state index contributed by atoms with van der Waals surface area (Å²) < 4.78 is 0.669. The molecule has 3 nitrogen and oxygen atoms in total. The number of rotatable bonds is 2. The van der Waals surface area contributed by atoms with Crippen molar-refractivity contribution in [2.45, 2.75) is 13.8 Å². The number of thiocarbonyl (C=S) groups is 1. The predicted octanol–water partition coefficient (Wildman–Crippen LogP) is 2.66. The van der Waals surface area contributed by atoms with Crippen LogP contribution >= 0.6 is 35.7 Å². The van der Waals surface area contributed by atoms with E-state index < -0.39 is 0 Å². The summed E-state index contributed by atoms with van der Waals surface area (Å²) in [5, 5.41) is 1.23. The molecule has 0 aromatic heterocycles. The number of nitrogens with zero attached hydrogens (tertiary/aromatic N) is 2. The lowest BCUT2D eigenvalue weighted by molar-refractivity contribution is -0.122. The van der Waals surface area contributed by atoms with Crippen molar-refractivity contribution in [2.24, 2.45) is 0 Å². The van der Waals surface area contributed by atoms with Gasteiger partial charge in [-0.3, -0.25) is 9.69 Å². The second-order valence-corrected chi connectivity index (χ2v) is 6.94. The number of carbonyl (C=O) groups is 1. The minimum absolute atomic E-state index is 0.0486. The largest absolute Gasteiger partial charge is 0.369 e. The quantitative estimate of drug-likeness (QED) is 0.576. The number of likely N-dealkylation sites (N-methyl/N-ethyl adjacent to an activating group) is 1. The number of hydrogen-bond donors (Lipinski definition) is 0. The zero-order valence-corrected chi connectivity index (χ0v) is 13.2. The number of hydrogen-bond acceptors (Lipinski definition) is 5. The lowest BCUT2D eigenvalue weighted by atomic mass is 10.2. The van der Waals surface area contributed by atoms with E-state index in [9.17, 15) is 4.79 Å². The van der Waals surface area contributed by atoms with Crippen LogP contribution in [0.3, 0.4) is 0 Å². The summed E-state index contributed by atoms with van der Waals surface area (Å²) in [6, 6.07) is 0. The van der Waals surface area contributed by atoms with E-state index in [1.807, 2.05) is 25.6 Å². The molecule has 0 aliphatic carbocycles. The van der Waals surface area contributed by atoms with Gasteiger partial charge in [0.15, 0.2) is 0 Å². The molecule has 1 amide bonds. The summed E-state index contributed by atoms with van der Waals surface area (Å²) in [7, 11) is 2.08. The van der Waals surface area contributed by atoms with E-state index in [1.165, 1.54) is 16.8 Å². The van der Waals surface area contributed by atoms with Gasteiger partial charge in [0.05, 0.1) is 9.93 Å². The molecule has 0 saturated carbocycles. The maximum absolute atomic E-state index is 12.2. The molecule has 0 radical (unpaired) electrons. The van der Waals surface area contributed by atoms with Crippen molar-refractivity contribution in [1.29, 1.82) is 0 Å². The molecule has 0 aromatic rings. The zero-order valence-electron chi connectivity index (χ0n) is 10.7. The smallest absolute Gasteiger partial charge is 0.266 e. The van der Waals surface area contributed by atoms with E-state index in [1.54, 1.807) is 4.90 Å². The van der Waals surface area contributed by atoms with Gasteiger partial charge in [-0.2, -0.15) is 0 Å². The topological polar surface area (TPSA) is 23.6 Å². The second-order valence-electron chi connectivity index (χ2n) is 4.18. The van der Waals surface area contributed by atoms with Crippen LogP contribution in [0.5, 0.6) is 0 Å². The van der Waals surface area contributed by atoms with Crippen LogP contribution in [-0.4, -0.2) is 45.9 Å². The van der Waals surface area contributed by atoms with Crippen molar-refractivity contribution in [3.8, 4) is 0 Å². The normalized spacial score (nSPS) is 25.6. The van der Waals surface area contributed by atoms with Gasteiger partial charge in [-0.05, 0) is 25.5 Å². The van der Waals surface area contributed by atoms with Gasteiger partial charge < -0.3 is 4.90 Å². The molecular formula is C12H16N2OS3. The van der Waals surface area contributed by atoms with Crippen LogP contribution in [-0.2, 0) is 4.79 Å². The first-order chi connectivity index (χ1) is 8.54. The first-order valence-corrected chi connectivity index (χ1v) is 8.05. The highest BCUT2D eigenvalue weighted by Crippen LogP contribution is 2.35. The summed E-state index contributed by atoms with van der Waals surface area (Å²) in [6.07, 6.45) is 2.10. The molecule has 2 fully saturated rings. The zero-order chi connectivity index (χ0) is 13.3. The molecule has 0 N–H and O–H groups in total. The fraction of sp³-hybridized carbons (Fsp3) is 0.500. The Kier molecular flexibility index (Phi) is 4.40. The van der Waals surface area contributed by atoms with Crippen LogP contribution in [0.25, 0.3) is 0 Å². The van der Waals surface area contributed by atoms with Gasteiger partial charge >= 0.3 is 0 Å². The first kappa shape index (κ1) is 14.0. The molecule has 0 aromatic carbocycles. The molecule has 6 heteroatoms. The minimum atomic E-state index is 0.0486. The van der Waals surface area contributed by atoms with Crippen LogP contribution in [0.15, 0.2) is 21.6 Å². The van der Waals surface area contributed by atoms with Gasteiger partial charge in [0.1, 0.15) is 4.32 Å². The molecule has 2 heterocycles. The SMILES string of the molecule is CCN1C(=O)/C(=C(C)/C=C2/SCCN2C)SC1=S. The highest BCUT2D eigenvalue weighted by atomic mass is 32.2. The van der Waals surface area contributed by atoms with Crippen LogP contribution in [0.1, 0.15) is 13.8 Å². The maximum Gasteiger partial charge on any atom is 0.266 e. The molecular weight excluding hydrogens is 284 g/mol. The van der Waals surface area contributed by atoms with Crippen LogP contribution in [0, 0.1) is 0 Å². The molecule has 98 valence electrons. The molecule has 2 rings (SSSR count). The highest BCUT2D eigenvalue weighted by molar-refractivity contribution is 8.26. The Hall–Kier alpha value is -0.460. The van der Waals surface area contributed by atoms with Crippen LogP contribution in [0.4, 0.5) is 0 Å². The molecule has 2 aliphatic heterocycles. The minimum Gasteiger partial charge on any atom is -0.369 e.